The molecule has 1 atom stereocenters. The van der Waals surface area contributed by atoms with E-state index < -0.39 is 0 Å². The normalized spacial score (nSPS) is 17.0. The summed E-state index contributed by atoms with van der Waals surface area (Å²) in [6, 6.07) is 12.7. The number of H-pyrrole nitrogens is 1. The van der Waals surface area contributed by atoms with Crippen LogP contribution in [-0.2, 0) is 6.42 Å². The highest BCUT2D eigenvalue weighted by Gasteiger charge is 2.19. The quantitative estimate of drug-likeness (QED) is 0.676. The molecule has 0 saturated heterocycles. The van der Waals surface area contributed by atoms with Crippen molar-refractivity contribution in [3.8, 4) is 5.75 Å². The Labute approximate surface area is 150 Å². The molecular weight excluding hydrogens is 343 g/mol. The SMILES string of the molecule is Clc1ccc(OCCC2NCCc3ccccc32)c2c(Cl)c[nH]c12. The Morgan fingerprint density at radius 1 is 1.08 bits per heavy atom. The van der Waals surface area contributed by atoms with Crippen molar-refractivity contribution < 1.29 is 4.74 Å². The van der Waals surface area contributed by atoms with E-state index in [0.717, 1.165) is 36.0 Å². The Kier molecular flexibility index (Phi) is 4.40. The largest absolute Gasteiger partial charge is 0.493 e. The molecule has 3 nitrogen and oxygen atoms in total. The second-order valence-corrected chi connectivity index (χ2v) is 6.84. The van der Waals surface area contributed by atoms with Gasteiger partial charge in [0.05, 0.1) is 27.6 Å². The van der Waals surface area contributed by atoms with Crippen molar-refractivity contribution in [1.82, 2.24) is 10.3 Å². The van der Waals surface area contributed by atoms with Crippen molar-refractivity contribution in [2.45, 2.75) is 18.9 Å². The summed E-state index contributed by atoms with van der Waals surface area (Å²) in [4.78, 5) is 3.09. The van der Waals surface area contributed by atoms with Crippen LogP contribution in [0, 0.1) is 0 Å². The lowest BCUT2D eigenvalue weighted by molar-refractivity contribution is 0.286. The lowest BCUT2D eigenvalue weighted by atomic mass is 9.93. The van der Waals surface area contributed by atoms with Gasteiger partial charge in [-0.1, -0.05) is 47.5 Å². The molecule has 1 unspecified atom stereocenters. The number of ether oxygens (including phenoxy) is 1. The summed E-state index contributed by atoms with van der Waals surface area (Å²) in [5, 5.41) is 5.70. The fraction of sp³-hybridized carbons (Fsp3) is 0.263. The molecule has 0 saturated carbocycles. The van der Waals surface area contributed by atoms with Gasteiger partial charge in [0.2, 0.25) is 0 Å². The number of rotatable bonds is 4. The molecule has 1 aromatic heterocycles. The van der Waals surface area contributed by atoms with Gasteiger partial charge in [0.25, 0.3) is 0 Å². The van der Waals surface area contributed by atoms with E-state index >= 15 is 0 Å². The fourth-order valence-corrected chi connectivity index (χ4v) is 3.86. The minimum atomic E-state index is 0.333. The summed E-state index contributed by atoms with van der Waals surface area (Å²) in [5.74, 6) is 0.768. The van der Waals surface area contributed by atoms with Gasteiger partial charge in [0.1, 0.15) is 5.75 Å². The number of halogens is 2. The van der Waals surface area contributed by atoms with Gasteiger partial charge in [-0.25, -0.2) is 0 Å². The van der Waals surface area contributed by atoms with E-state index in [1.807, 2.05) is 12.1 Å². The fourth-order valence-electron chi connectivity index (χ4n) is 3.40. The number of nitrogens with one attached hydrogen (secondary N) is 2. The third-order valence-electron chi connectivity index (χ3n) is 4.58. The summed E-state index contributed by atoms with van der Waals surface area (Å²) in [6.07, 6.45) is 3.73. The molecule has 24 heavy (non-hydrogen) atoms. The van der Waals surface area contributed by atoms with Gasteiger partial charge in [0.15, 0.2) is 0 Å². The molecule has 1 aliphatic rings. The first-order valence-electron chi connectivity index (χ1n) is 8.13. The van der Waals surface area contributed by atoms with E-state index in [2.05, 4.69) is 34.6 Å². The maximum Gasteiger partial charge on any atom is 0.130 e. The van der Waals surface area contributed by atoms with Crippen molar-refractivity contribution >= 4 is 34.1 Å². The van der Waals surface area contributed by atoms with Crippen molar-refractivity contribution in [2.75, 3.05) is 13.2 Å². The third kappa shape index (κ3) is 2.88. The zero-order chi connectivity index (χ0) is 16.5. The molecule has 0 spiro atoms. The van der Waals surface area contributed by atoms with Gasteiger partial charge in [-0.3, -0.25) is 0 Å². The zero-order valence-electron chi connectivity index (χ0n) is 13.1. The highest BCUT2D eigenvalue weighted by Crippen LogP contribution is 2.36. The molecule has 0 aliphatic carbocycles. The maximum atomic E-state index is 6.26. The van der Waals surface area contributed by atoms with Crippen molar-refractivity contribution in [3.05, 3.63) is 63.8 Å². The first-order chi connectivity index (χ1) is 11.7. The number of benzene rings is 2. The Hall–Kier alpha value is -1.68. The Bertz CT molecular complexity index is 875. The van der Waals surface area contributed by atoms with Gasteiger partial charge >= 0.3 is 0 Å². The lowest BCUT2D eigenvalue weighted by Crippen LogP contribution is -2.30. The smallest absolute Gasteiger partial charge is 0.130 e. The van der Waals surface area contributed by atoms with Crippen LogP contribution in [0.1, 0.15) is 23.6 Å². The van der Waals surface area contributed by atoms with Crippen LogP contribution in [0.2, 0.25) is 10.0 Å². The molecule has 1 aliphatic heterocycles. The molecule has 0 bridgehead atoms. The first kappa shape index (κ1) is 15.8. The predicted molar refractivity (Wildman–Crippen MR) is 99.3 cm³/mol. The molecule has 2 aromatic carbocycles. The van der Waals surface area contributed by atoms with Crippen LogP contribution in [0.25, 0.3) is 10.9 Å². The monoisotopic (exact) mass is 360 g/mol. The van der Waals surface area contributed by atoms with Crippen LogP contribution < -0.4 is 10.1 Å². The minimum Gasteiger partial charge on any atom is -0.493 e. The Balaban J connectivity index is 1.49. The van der Waals surface area contributed by atoms with E-state index in [4.69, 9.17) is 27.9 Å². The summed E-state index contributed by atoms with van der Waals surface area (Å²) < 4.78 is 6.03. The van der Waals surface area contributed by atoms with Gasteiger partial charge in [-0.2, -0.15) is 0 Å². The number of aromatic amines is 1. The van der Waals surface area contributed by atoms with E-state index in [-0.39, 0.29) is 0 Å². The van der Waals surface area contributed by atoms with Crippen molar-refractivity contribution in [3.63, 3.8) is 0 Å². The molecule has 0 amide bonds. The van der Waals surface area contributed by atoms with Crippen LogP contribution in [0.15, 0.2) is 42.6 Å². The standard InChI is InChI=1S/C19H18Cl2N2O/c20-14-5-6-17(18-15(21)11-23-19(14)18)24-10-8-16-13-4-2-1-3-12(13)7-9-22-16/h1-6,11,16,22-23H,7-10H2. The van der Waals surface area contributed by atoms with Gasteiger partial charge in [-0.15, -0.1) is 0 Å². The van der Waals surface area contributed by atoms with Crippen molar-refractivity contribution in [2.24, 2.45) is 0 Å². The predicted octanol–water partition coefficient (Wildman–Crippen LogP) is 5.13. The number of aromatic nitrogens is 1. The summed E-state index contributed by atoms with van der Waals surface area (Å²) in [5.41, 5.74) is 3.64. The number of hydrogen-bond acceptors (Lipinski definition) is 2. The van der Waals surface area contributed by atoms with E-state index in [0.29, 0.717) is 22.7 Å². The van der Waals surface area contributed by atoms with Crippen LogP contribution in [-0.4, -0.2) is 18.1 Å². The van der Waals surface area contributed by atoms with E-state index in [1.165, 1.54) is 11.1 Å². The molecule has 124 valence electrons. The zero-order valence-corrected chi connectivity index (χ0v) is 14.6. The average molecular weight is 361 g/mol. The van der Waals surface area contributed by atoms with E-state index in [9.17, 15) is 0 Å². The molecule has 5 heteroatoms. The topological polar surface area (TPSA) is 37.0 Å². The Morgan fingerprint density at radius 3 is 2.88 bits per heavy atom. The number of fused-ring (bicyclic) bond motifs is 2. The maximum absolute atomic E-state index is 6.26. The molecule has 4 rings (SSSR count). The van der Waals surface area contributed by atoms with Gasteiger partial charge < -0.3 is 15.0 Å². The molecule has 0 radical (unpaired) electrons. The van der Waals surface area contributed by atoms with Crippen LogP contribution >= 0.6 is 23.2 Å². The highest BCUT2D eigenvalue weighted by atomic mass is 35.5. The van der Waals surface area contributed by atoms with Gasteiger partial charge in [0, 0.05) is 18.7 Å². The second kappa shape index (κ2) is 6.67. The van der Waals surface area contributed by atoms with Crippen LogP contribution in [0.5, 0.6) is 5.75 Å². The summed E-state index contributed by atoms with van der Waals surface area (Å²) in [6.45, 7) is 1.63. The minimum absolute atomic E-state index is 0.333. The molecular formula is C19H18Cl2N2O. The first-order valence-corrected chi connectivity index (χ1v) is 8.88. The Morgan fingerprint density at radius 2 is 1.96 bits per heavy atom. The molecule has 0 fully saturated rings. The third-order valence-corrected chi connectivity index (χ3v) is 5.19. The molecule has 2 N–H and O–H groups in total. The summed E-state index contributed by atoms with van der Waals surface area (Å²) in [7, 11) is 0. The van der Waals surface area contributed by atoms with Crippen molar-refractivity contribution in [1.29, 1.82) is 0 Å². The average Bonchev–Trinajstić information content (AvgIpc) is 3.00. The molecule has 2 heterocycles. The highest BCUT2D eigenvalue weighted by molar-refractivity contribution is 6.40. The second-order valence-electron chi connectivity index (χ2n) is 6.02. The molecule has 3 aromatic rings. The summed E-state index contributed by atoms with van der Waals surface area (Å²) >= 11 is 12.5. The van der Waals surface area contributed by atoms with Crippen LogP contribution in [0.3, 0.4) is 0 Å². The van der Waals surface area contributed by atoms with Crippen LogP contribution in [0.4, 0.5) is 0 Å². The lowest BCUT2D eigenvalue weighted by Gasteiger charge is -2.27. The van der Waals surface area contributed by atoms with E-state index in [1.54, 1.807) is 6.20 Å². The van der Waals surface area contributed by atoms with Gasteiger partial charge in [-0.05, 0) is 36.2 Å². The number of hydrogen-bond donors (Lipinski definition) is 2.